The van der Waals surface area contributed by atoms with Gasteiger partial charge in [0.05, 0.1) is 4.47 Å². The maximum absolute atomic E-state index is 13.3. The van der Waals surface area contributed by atoms with Crippen molar-refractivity contribution in [2.75, 3.05) is 5.73 Å². The molecule has 1 heterocycles. The Morgan fingerprint density at radius 3 is 2.60 bits per heavy atom. The molecular weight excluding hydrogens is 323 g/mol. The molecular formula is C14H14BrFN4. The van der Waals surface area contributed by atoms with Crippen molar-refractivity contribution in [3.8, 4) is 11.4 Å². The van der Waals surface area contributed by atoms with E-state index in [0.29, 0.717) is 16.2 Å². The predicted octanol–water partition coefficient (Wildman–Crippen LogP) is 3.68. The van der Waals surface area contributed by atoms with Crippen LogP contribution >= 0.6 is 15.9 Å². The molecule has 2 aromatic rings. The van der Waals surface area contributed by atoms with Crippen LogP contribution in [-0.4, -0.2) is 15.0 Å². The SMILES string of the molecule is Nc1nc(-c2ccc(F)c(Br)c2)nc(C2CCCC2)n1. The van der Waals surface area contributed by atoms with Crippen LogP contribution in [0.3, 0.4) is 0 Å². The Morgan fingerprint density at radius 2 is 1.90 bits per heavy atom. The molecule has 0 aliphatic heterocycles. The third-order valence-electron chi connectivity index (χ3n) is 3.57. The van der Waals surface area contributed by atoms with Gasteiger partial charge < -0.3 is 5.73 Å². The van der Waals surface area contributed by atoms with Crippen LogP contribution < -0.4 is 5.73 Å². The summed E-state index contributed by atoms with van der Waals surface area (Å²) in [6.45, 7) is 0. The van der Waals surface area contributed by atoms with Gasteiger partial charge in [-0.15, -0.1) is 0 Å². The fourth-order valence-electron chi connectivity index (χ4n) is 2.54. The van der Waals surface area contributed by atoms with Crippen molar-refractivity contribution in [1.29, 1.82) is 0 Å². The summed E-state index contributed by atoms with van der Waals surface area (Å²) < 4.78 is 13.7. The largest absolute Gasteiger partial charge is 0.368 e. The van der Waals surface area contributed by atoms with Gasteiger partial charge in [-0.05, 0) is 47.0 Å². The van der Waals surface area contributed by atoms with E-state index in [1.165, 1.54) is 18.9 Å². The van der Waals surface area contributed by atoms with E-state index in [0.717, 1.165) is 24.2 Å². The minimum atomic E-state index is -0.313. The van der Waals surface area contributed by atoms with Crippen molar-refractivity contribution in [2.24, 2.45) is 0 Å². The highest BCUT2D eigenvalue weighted by Gasteiger charge is 2.21. The fourth-order valence-corrected chi connectivity index (χ4v) is 2.92. The van der Waals surface area contributed by atoms with E-state index < -0.39 is 0 Å². The first-order valence-corrected chi connectivity index (χ1v) is 7.39. The number of halogens is 2. The number of anilines is 1. The summed E-state index contributed by atoms with van der Waals surface area (Å²) in [6, 6.07) is 4.68. The number of hydrogen-bond acceptors (Lipinski definition) is 4. The quantitative estimate of drug-likeness (QED) is 0.908. The van der Waals surface area contributed by atoms with E-state index in [4.69, 9.17) is 5.73 Å². The summed E-state index contributed by atoms with van der Waals surface area (Å²) in [5, 5.41) is 0. The summed E-state index contributed by atoms with van der Waals surface area (Å²) >= 11 is 3.17. The highest BCUT2D eigenvalue weighted by Crippen LogP contribution is 2.33. The van der Waals surface area contributed by atoms with Gasteiger partial charge in [-0.25, -0.2) is 9.37 Å². The Hall–Kier alpha value is -1.56. The van der Waals surface area contributed by atoms with E-state index in [9.17, 15) is 4.39 Å². The topological polar surface area (TPSA) is 64.7 Å². The Morgan fingerprint density at radius 1 is 1.15 bits per heavy atom. The lowest BCUT2D eigenvalue weighted by atomic mass is 10.1. The first-order chi connectivity index (χ1) is 9.63. The molecule has 0 unspecified atom stereocenters. The van der Waals surface area contributed by atoms with Gasteiger partial charge in [0.25, 0.3) is 0 Å². The second-order valence-electron chi connectivity index (χ2n) is 4.99. The third-order valence-corrected chi connectivity index (χ3v) is 4.18. The van der Waals surface area contributed by atoms with Gasteiger partial charge in [-0.3, -0.25) is 0 Å². The van der Waals surface area contributed by atoms with E-state index in [1.807, 2.05) is 0 Å². The van der Waals surface area contributed by atoms with Crippen molar-refractivity contribution < 1.29 is 4.39 Å². The average Bonchev–Trinajstić information content (AvgIpc) is 2.95. The van der Waals surface area contributed by atoms with Gasteiger partial charge in [-0.2, -0.15) is 9.97 Å². The Kier molecular flexibility index (Phi) is 3.65. The number of nitrogen functional groups attached to an aromatic ring is 1. The number of benzene rings is 1. The first-order valence-electron chi connectivity index (χ1n) is 6.60. The van der Waals surface area contributed by atoms with Gasteiger partial charge in [0.1, 0.15) is 11.6 Å². The van der Waals surface area contributed by atoms with Crippen LogP contribution in [0.2, 0.25) is 0 Å². The summed E-state index contributed by atoms with van der Waals surface area (Å²) in [5.74, 6) is 1.53. The molecule has 3 rings (SSSR count). The summed E-state index contributed by atoms with van der Waals surface area (Å²) in [5.41, 5.74) is 6.51. The van der Waals surface area contributed by atoms with Gasteiger partial charge >= 0.3 is 0 Å². The van der Waals surface area contributed by atoms with Gasteiger partial charge in [0.15, 0.2) is 5.82 Å². The molecule has 1 aliphatic rings. The summed E-state index contributed by atoms with van der Waals surface area (Å²) in [4.78, 5) is 12.9. The second-order valence-corrected chi connectivity index (χ2v) is 5.84. The molecule has 0 atom stereocenters. The lowest BCUT2D eigenvalue weighted by Crippen LogP contribution is -2.07. The molecule has 1 saturated carbocycles. The molecule has 0 saturated heterocycles. The van der Waals surface area contributed by atoms with Gasteiger partial charge in [0, 0.05) is 11.5 Å². The zero-order valence-corrected chi connectivity index (χ0v) is 12.4. The molecule has 0 amide bonds. The minimum absolute atomic E-state index is 0.220. The highest BCUT2D eigenvalue weighted by molar-refractivity contribution is 9.10. The van der Waals surface area contributed by atoms with Crippen LogP contribution in [0.5, 0.6) is 0 Å². The second kappa shape index (κ2) is 5.44. The summed E-state index contributed by atoms with van der Waals surface area (Å²) in [7, 11) is 0. The van der Waals surface area contributed by atoms with Gasteiger partial charge in [-0.1, -0.05) is 12.8 Å². The lowest BCUT2D eigenvalue weighted by Gasteiger charge is -2.10. The van der Waals surface area contributed by atoms with Crippen molar-refractivity contribution in [3.05, 3.63) is 34.3 Å². The zero-order valence-electron chi connectivity index (χ0n) is 10.8. The Bertz CT molecular complexity index is 641. The summed E-state index contributed by atoms with van der Waals surface area (Å²) in [6.07, 6.45) is 4.59. The molecule has 104 valence electrons. The van der Waals surface area contributed by atoms with E-state index in [2.05, 4.69) is 30.9 Å². The third kappa shape index (κ3) is 2.65. The predicted molar refractivity (Wildman–Crippen MR) is 78.5 cm³/mol. The molecule has 1 aromatic heterocycles. The molecule has 1 fully saturated rings. The Labute approximate surface area is 124 Å². The average molecular weight is 337 g/mol. The number of nitrogens with zero attached hydrogens (tertiary/aromatic N) is 3. The zero-order chi connectivity index (χ0) is 14.1. The Balaban J connectivity index is 2.02. The maximum Gasteiger partial charge on any atom is 0.223 e. The number of rotatable bonds is 2. The van der Waals surface area contributed by atoms with Gasteiger partial charge in [0.2, 0.25) is 5.95 Å². The van der Waals surface area contributed by atoms with Crippen LogP contribution in [-0.2, 0) is 0 Å². The normalized spacial score (nSPS) is 15.7. The first kappa shape index (κ1) is 13.4. The van der Waals surface area contributed by atoms with Crippen LogP contribution in [0.4, 0.5) is 10.3 Å². The van der Waals surface area contributed by atoms with Crippen molar-refractivity contribution >= 4 is 21.9 Å². The maximum atomic E-state index is 13.3. The molecule has 4 nitrogen and oxygen atoms in total. The highest BCUT2D eigenvalue weighted by atomic mass is 79.9. The standard InChI is InChI=1S/C14H14BrFN4/c15-10-7-9(5-6-11(10)16)13-18-12(19-14(17)20-13)8-3-1-2-4-8/h5-8H,1-4H2,(H2,17,18,19,20). The van der Waals surface area contributed by atoms with E-state index >= 15 is 0 Å². The van der Waals surface area contributed by atoms with Crippen LogP contribution in [0.25, 0.3) is 11.4 Å². The molecule has 0 bridgehead atoms. The molecule has 20 heavy (non-hydrogen) atoms. The molecule has 1 aliphatic carbocycles. The molecule has 6 heteroatoms. The molecule has 1 aromatic carbocycles. The number of nitrogens with two attached hydrogens (primary N) is 1. The molecule has 0 radical (unpaired) electrons. The van der Waals surface area contributed by atoms with Crippen LogP contribution in [0.15, 0.2) is 22.7 Å². The minimum Gasteiger partial charge on any atom is -0.368 e. The van der Waals surface area contributed by atoms with E-state index in [1.54, 1.807) is 12.1 Å². The van der Waals surface area contributed by atoms with Crippen LogP contribution in [0.1, 0.15) is 37.4 Å². The smallest absolute Gasteiger partial charge is 0.223 e. The number of aromatic nitrogens is 3. The van der Waals surface area contributed by atoms with Crippen molar-refractivity contribution in [3.63, 3.8) is 0 Å². The van der Waals surface area contributed by atoms with Crippen molar-refractivity contribution in [2.45, 2.75) is 31.6 Å². The fraction of sp³-hybridized carbons (Fsp3) is 0.357. The number of hydrogen-bond donors (Lipinski definition) is 1. The lowest BCUT2D eigenvalue weighted by molar-refractivity contribution is 0.621. The van der Waals surface area contributed by atoms with Crippen LogP contribution in [0, 0.1) is 5.82 Å². The van der Waals surface area contributed by atoms with Crippen molar-refractivity contribution in [1.82, 2.24) is 15.0 Å². The van der Waals surface area contributed by atoms with E-state index in [-0.39, 0.29) is 11.8 Å². The molecule has 0 spiro atoms. The monoisotopic (exact) mass is 336 g/mol. The molecule has 2 N–H and O–H groups in total.